The summed E-state index contributed by atoms with van der Waals surface area (Å²) in [6, 6.07) is 4.25. The van der Waals surface area contributed by atoms with Crippen LogP contribution in [-0.2, 0) is 16.1 Å². The van der Waals surface area contributed by atoms with E-state index in [1.807, 2.05) is 0 Å². The Hall–Kier alpha value is -1.57. The van der Waals surface area contributed by atoms with Gasteiger partial charge in [0.05, 0.1) is 13.2 Å². The third-order valence-electron chi connectivity index (χ3n) is 2.81. The van der Waals surface area contributed by atoms with Crippen molar-refractivity contribution in [1.29, 1.82) is 0 Å². The molecule has 0 fully saturated rings. The molecule has 0 saturated carbocycles. The zero-order valence-electron chi connectivity index (χ0n) is 12.2. The standard InChI is InChI=1S/C14H20FN3O2S/c1-18(9-13(19)17-5-6-20-2)8-10-7-11(15)3-4-12(10)14(16)21/h3-4,7H,5-6,8-9H2,1-2H3,(H2,16,21)(H,17,19). The summed E-state index contributed by atoms with van der Waals surface area (Å²) in [7, 11) is 3.34. The second kappa shape index (κ2) is 8.66. The lowest BCUT2D eigenvalue weighted by atomic mass is 10.1. The van der Waals surface area contributed by atoms with Crippen molar-refractivity contribution >= 4 is 23.1 Å². The molecule has 0 aliphatic rings. The summed E-state index contributed by atoms with van der Waals surface area (Å²) in [4.78, 5) is 13.6. The first-order chi connectivity index (χ1) is 9.93. The van der Waals surface area contributed by atoms with Gasteiger partial charge in [-0.25, -0.2) is 4.39 Å². The van der Waals surface area contributed by atoms with E-state index in [4.69, 9.17) is 22.7 Å². The van der Waals surface area contributed by atoms with Crippen molar-refractivity contribution in [3.05, 3.63) is 35.1 Å². The van der Waals surface area contributed by atoms with Crippen molar-refractivity contribution < 1.29 is 13.9 Å². The van der Waals surface area contributed by atoms with Gasteiger partial charge in [0.25, 0.3) is 0 Å². The van der Waals surface area contributed by atoms with Crippen LogP contribution in [0.25, 0.3) is 0 Å². The Kier molecular flexibility index (Phi) is 7.21. The van der Waals surface area contributed by atoms with Gasteiger partial charge in [-0.2, -0.15) is 0 Å². The summed E-state index contributed by atoms with van der Waals surface area (Å²) in [5.74, 6) is -0.481. The SMILES string of the molecule is COCCNC(=O)CN(C)Cc1cc(F)ccc1C(N)=S. The highest BCUT2D eigenvalue weighted by atomic mass is 32.1. The second-order valence-corrected chi connectivity index (χ2v) is 5.12. The fourth-order valence-electron chi connectivity index (χ4n) is 1.87. The fraction of sp³-hybridized carbons (Fsp3) is 0.429. The molecule has 0 bridgehead atoms. The molecule has 0 aliphatic heterocycles. The fourth-order valence-corrected chi connectivity index (χ4v) is 2.07. The van der Waals surface area contributed by atoms with Gasteiger partial charge in [-0.15, -0.1) is 0 Å². The average Bonchev–Trinajstić information content (AvgIpc) is 2.38. The molecule has 0 heterocycles. The molecule has 0 aliphatic carbocycles. The van der Waals surface area contributed by atoms with Crippen molar-refractivity contribution in [2.75, 3.05) is 33.9 Å². The summed E-state index contributed by atoms with van der Waals surface area (Å²) < 4.78 is 18.2. The average molecular weight is 313 g/mol. The van der Waals surface area contributed by atoms with Crippen LogP contribution in [0.15, 0.2) is 18.2 Å². The smallest absolute Gasteiger partial charge is 0.234 e. The molecule has 0 radical (unpaired) electrons. The first-order valence-corrected chi connectivity index (χ1v) is 6.87. The van der Waals surface area contributed by atoms with E-state index in [9.17, 15) is 9.18 Å². The number of likely N-dealkylation sites (N-methyl/N-ethyl adjacent to an activating group) is 1. The monoisotopic (exact) mass is 313 g/mol. The maximum atomic E-state index is 13.3. The summed E-state index contributed by atoms with van der Waals surface area (Å²) in [6.45, 7) is 1.49. The minimum atomic E-state index is -0.358. The van der Waals surface area contributed by atoms with Crippen molar-refractivity contribution in [2.45, 2.75) is 6.54 Å². The molecule has 0 saturated heterocycles. The number of carbonyl (C=O) groups is 1. The van der Waals surface area contributed by atoms with Crippen LogP contribution in [0.2, 0.25) is 0 Å². The summed E-state index contributed by atoms with van der Waals surface area (Å²) in [6.07, 6.45) is 0. The molecular formula is C14H20FN3O2S. The molecule has 0 aromatic heterocycles. The molecule has 7 heteroatoms. The highest BCUT2D eigenvalue weighted by molar-refractivity contribution is 7.80. The Morgan fingerprint density at radius 2 is 2.24 bits per heavy atom. The van der Waals surface area contributed by atoms with Gasteiger partial charge in [-0.1, -0.05) is 12.2 Å². The van der Waals surface area contributed by atoms with Crippen LogP contribution in [-0.4, -0.2) is 49.6 Å². The van der Waals surface area contributed by atoms with E-state index < -0.39 is 0 Å². The number of nitrogens with two attached hydrogens (primary N) is 1. The zero-order chi connectivity index (χ0) is 15.8. The number of benzene rings is 1. The number of hydrogen-bond acceptors (Lipinski definition) is 4. The largest absolute Gasteiger partial charge is 0.389 e. The number of hydrogen-bond donors (Lipinski definition) is 2. The maximum Gasteiger partial charge on any atom is 0.234 e. The number of thiocarbonyl (C=S) groups is 1. The third kappa shape index (κ3) is 6.16. The molecule has 116 valence electrons. The van der Waals surface area contributed by atoms with Gasteiger partial charge in [-0.05, 0) is 30.8 Å². The zero-order valence-corrected chi connectivity index (χ0v) is 13.0. The first kappa shape index (κ1) is 17.5. The summed E-state index contributed by atoms with van der Waals surface area (Å²) in [5, 5.41) is 2.72. The lowest BCUT2D eigenvalue weighted by Gasteiger charge is -2.18. The number of nitrogens with one attached hydrogen (secondary N) is 1. The number of nitrogens with zero attached hydrogens (tertiary/aromatic N) is 1. The highest BCUT2D eigenvalue weighted by Crippen LogP contribution is 2.13. The Balaban J connectivity index is 2.62. The van der Waals surface area contributed by atoms with Gasteiger partial charge >= 0.3 is 0 Å². The quantitative estimate of drug-likeness (QED) is 0.545. The minimum absolute atomic E-state index is 0.122. The third-order valence-corrected chi connectivity index (χ3v) is 3.03. The van der Waals surface area contributed by atoms with Gasteiger partial charge in [0, 0.05) is 25.8 Å². The number of carbonyl (C=O) groups excluding carboxylic acids is 1. The summed E-state index contributed by atoms with van der Waals surface area (Å²) >= 11 is 4.95. The molecule has 21 heavy (non-hydrogen) atoms. The maximum absolute atomic E-state index is 13.3. The van der Waals surface area contributed by atoms with E-state index in [2.05, 4.69) is 5.32 Å². The molecule has 0 spiro atoms. The van der Waals surface area contributed by atoms with Gasteiger partial charge in [0.15, 0.2) is 0 Å². The van der Waals surface area contributed by atoms with Gasteiger partial charge in [-0.3, -0.25) is 9.69 Å². The normalized spacial score (nSPS) is 10.7. The number of ether oxygens (including phenoxy) is 1. The van der Waals surface area contributed by atoms with E-state index in [0.29, 0.717) is 30.8 Å². The number of halogens is 1. The Morgan fingerprint density at radius 3 is 2.86 bits per heavy atom. The van der Waals surface area contributed by atoms with Crippen molar-refractivity contribution in [1.82, 2.24) is 10.2 Å². The molecule has 1 rings (SSSR count). The van der Waals surface area contributed by atoms with Crippen molar-refractivity contribution in [3.63, 3.8) is 0 Å². The van der Waals surface area contributed by atoms with Crippen LogP contribution in [0.3, 0.4) is 0 Å². The molecule has 1 aromatic rings. The Bertz CT molecular complexity index is 511. The lowest BCUT2D eigenvalue weighted by Crippen LogP contribution is -2.36. The lowest BCUT2D eigenvalue weighted by molar-refractivity contribution is -0.122. The summed E-state index contributed by atoms with van der Waals surface area (Å²) in [5.41, 5.74) is 6.90. The first-order valence-electron chi connectivity index (χ1n) is 6.46. The van der Waals surface area contributed by atoms with Crippen LogP contribution >= 0.6 is 12.2 Å². The predicted molar refractivity (Wildman–Crippen MR) is 83.5 cm³/mol. The van der Waals surface area contributed by atoms with Crippen LogP contribution in [0, 0.1) is 5.82 Å². The van der Waals surface area contributed by atoms with E-state index in [1.54, 1.807) is 25.1 Å². The molecule has 1 amide bonds. The van der Waals surface area contributed by atoms with E-state index >= 15 is 0 Å². The van der Waals surface area contributed by atoms with E-state index in [0.717, 1.165) is 0 Å². The topological polar surface area (TPSA) is 67.6 Å². The van der Waals surface area contributed by atoms with Crippen molar-refractivity contribution in [2.24, 2.45) is 5.73 Å². The number of rotatable bonds is 8. The minimum Gasteiger partial charge on any atom is -0.389 e. The Morgan fingerprint density at radius 1 is 1.52 bits per heavy atom. The van der Waals surface area contributed by atoms with Crippen LogP contribution in [0.4, 0.5) is 4.39 Å². The predicted octanol–water partition coefficient (Wildman–Crippen LogP) is 0.654. The highest BCUT2D eigenvalue weighted by Gasteiger charge is 2.11. The van der Waals surface area contributed by atoms with E-state index in [1.165, 1.54) is 12.1 Å². The molecule has 1 aromatic carbocycles. The van der Waals surface area contributed by atoms with E-state index in [-0.39, 0.29) is 23.3 Å². The molecule has 0 atom stereocenters. The van der Waals surface area contributed by atoms with Crippen LogP contribution < -0.4 is 11.1 Å². The van der Waals surface area contributed by atoms with Crippen LogP contribution in [0.5, 0.6) is 0 Å². The second-order valence-electron chi connectivity index (χ2n) is 4.68. The molecule has 3 N–H and O–H groups in total. The molecule has 5 nitrogen and oxygen atoms in total. The van der Waals surface area contributed by atoms with Gasteiger partial charge in [0.2, 0.25) is 5.91 Å². The van der Waals surface area contributed by atoms with Crippen molar-refractivity contribution in [3.8, 4) is 0 Å². The number of methoxy groups -OCH3 is 1. The van der Waals surface area contributed by atoms with Gasteiger partial charge in [0.1, 0.15) is 10.8 Å². The molecular weight excluding hydrogens is 293 g/mol. The van der Waals surface area contributed by atoms with Crippen LogP contribution in [0.1, 0.15) is 11.1 Å². The number of amides is 1. The van der Waals surface area contributed by atoms with Gasteiger partial charge < -0.3 is 15.8 Å². The Labute approximate surface area is 129 Å². The molecule has 0 unspecified atom stereocenters.